The second-order valence-electron chi connectivity index (χ2n) is 6.42. The minimum absolute atomic E-state index is 0.0661. The molecular formula is C19H21FN2O4. The molecule has 138 valence electrons. The third-order valence-corrected chi connectivity index (χ3v) is 4.50. The highest BCUT2D eigenvalue weighted by atomic mass is 19.1. The van der Waals surface area contributed by atoms with Crippen molar-refractivity contribution in [1.29, 1.82) is 0 Å². The van der Waals surface area contributed by atoms with Gasteiger partial charge in [-0.1, -0.05) is 6.07 Å². The summed E-state index contributed by atoms with van der Waals surface area (Å²) in [7, 11) is 3.06. The number of carbonyl (C=O) groups is 2. The lowest BCUT2D eigenvalue weighted by atomic mass is 10.1. The third kappa shape index (κ3) is 3.87. The molecule has 1 aliphatic rings. The first-order valence-electron chi connectivity index (χ1n) is 8.35. The fraction of sp³-hybridized carbons (Fsp3) is 0.368. The van der Waals surface area contributed by atoms with Crippen LogP contribution in [0.3, 0.4) is 0 Å². The van der Waals surface area contributed by atoms with Gasteiger partial charge in [0.05, 0.1) is 25.8 Å². The number of furan rings is 1. The van der Waals surface area contributed by atoms with E-state index in [0.717, 1.165) is 0 Å². The Balaban J connectivity index is 1.60. The highest BCUT2D eigenvalue weighted by Gasteiger charge is 2.36. The lowest BCUT2D eigenvalue weighted by Gasteiger charge is -2.21. The predicted octanol–water partition coefficient (Wildman–Crippen LogP) is 2.43. The zero-order chi connectivity index (χ0) is 18.7. The van der Waals surface area contributed by atoms with Crippen molar-refractivity contribution in [3.05, 3.63) is 53.7 Å². The molecule has 0 N–H and O–H groups in total. The van der Waals surface area contributed by atoms with E-state index in [0.29, 0.717) is 24.4 Å². The van der Waals surface area contributed by atoms with Crippen LogP contribution in [0.15, 0.2) is 41.0 Å². The molecule has 2 amide bonds. The lowest BCUT2D eigenvalue weighted by molar-refractivity contribution is -0.135. The van der Waals surface area contributed by atoms with Crippen LogP contribution in [-0.4, -0.2) is 42.3 Å². The first-order valence-corrected chi connectivity index (χ1v) is 8.35. The third-order valence-electron chi connectivity index (χ3n) is 4.50. The molecule has 1 fully saturated rings. The van der Waals surface area contributed by atoms with Crippen LogP contribution < -0.4 is 4.74 Å². The molecule has 0 bridgehead atoms. The van der Waals surface area contributed by atoms with E-state index in [9.17, 15) is 14.0 Å². The number of methoxy groups -OCH3 is 1. The molecule has 1 aliphatic heterocycles. The summed E-state index contributed by atoms with van der Waals surface area (Å²) in [6.45, 7) is 0.991. The van der Waals surface area contributed by atoms with Crippen LogP contribution in [0.25, 0.3) is 0 Å². The normalized spacial score (nSPS) is 16.8. The van der Waals surface area contributed by atoms with Crippen molar-refractivity contribution >= 4 is 11.8 Å². The standard InChI is InChI=1S/C19H21FN2O4/c1-21(10-13-5-6-17(25-2)16(20)8-13)19(24)14-9-18(23)22(11-14)12-15-4-3-7-26-15/h3-8,14H,9-12H2,1-2H3/t14-/m1/s1. The van der Waals surface area contributed by atoms with Crippen LogP contribution in [0.2, 0.25) is 0 Å². The van der Waals surface area contributed by atoms with Gasteiger partial charge in [0, 0.05) is 26.6 Å². The topological polar surface area (TPSA) is 63.0 Å². The molecular weight excluding hydrogens is 339 g/mol. The molecule has 26 heavy (non-hydrogen) atoms. The first kappa shape index (κ1) is 18.0. The summed E-state index contributed by atoms with van der Waals surface area (Å²) < 4.78 is 24.0. The van der Waals surface area contributed by atoms with Gasteiger partial charge in [0.25, 0.3) is 0 Å². The summed E-state index contributed by atoms with van der Waals surface area (Å²) in [5, 5.41) is 0. The van der Waals surface area contributed by atoms with Crippen LogP contribution in [-0.2, 0) is 22.7 Å². The molecule has 2 aromatic rings. The molecule has 0 aliphatic carbocycles. The molecule has 0 spiro atoms. The molecule has 6 nitrogen and oxygen atoms in total. The zero-order valence-electron chi connectivity index (χ0n) is 14.8. The Kier molecular flexibility index (Phi) is 5.25. The van der Waals surface area contributed by atoms with Gasteiger partial charge in [-0.15, -0.1) is 0 Å². The van der Waals surface area contributed by atoms with E-state index < -0.39 is 11.7 Å². The second-order valence-corrected chi connectivity index (χ2v) is 6.42. The van der Waals surface area contributed by atoms with Crippen molar-refractivity contribution in [3.63, 3.8) is 0 Å². The maximum absolute atomic E-state index is 13.8. The fourth-order valence-corrected chi connectivity index (χ4v) is 3.15. The minimum Gasteiger partial charge on any atom is -0.494 e. The summed E-state index contributed by atoms with van der Waals surface area (Å²) in [5.74, 6) is -0.205. The van der Waals surface area contributed by atoms with Crippen molar-refractivity contribution < 1.29 is 23.1 Å². The van der Waals surface area contributed by atoms with Crippen LogP contribution >= 0.6 is 0 Å². The predicted molar refractivity (Wildman–Crippen MR) is 91.7 cm³/mol. The Morgan fingerprint density at radius 1 is 1.42 bits per heavy atom. The smallest absolute Gasteiger partial charge is 0.228 e. The molecule has 0 saturated carbocycles. The van der Waals surface area contributed by atoms with E-state index in [4.69, 9.17) is 9.15 Å². The Hall–Kier alpha value is -2.83. The SMILES string of the molecule is COc1ccc(CN(C)C(=O)[C@@H]2CC(=O)N(Cc3ccco3)C2)cc1F. The second kappa shape index (κ2) is 7.59. The summed E-state index contributed by atoms with van der Waals surface area (Å²) in [4.78, 5) is 28.0. The quantitative estimate of drug-likeness (QED) is 0.794. The average Bonchev–Trinajstić information content (AvgIpc) is 3.25. The number of halogens is 1. The van der Waals surface area contributed by atoms with Gasteiger partial charge >= 0.3 is 0 Å². The van der Waals surface area contributed by atoms with E-state index in [2.05, 4.69) is 0 Å². The van der Waals surface area contributed by atoms with E-state index in [1.54, 1.807) is 36.4 Å². The van der Waals surface area contributed by atoms with Crippen molar-refractivity contribution in [2.24, 2.45) is 5.92 Å². The zero-order valence-corrected chi connectivity index (χ0v) is 14.8. The number of nitrogens with zero attached hydrogens (tertiary/aromatic N) is 2. The van der Waals surface area contributed by atoms with E-state index in [1.165, 1.54) is 24.1 Å². The first-order chi connectivity index (χ1) is 12.5. The van der Waals surface area contributed by atoms with Gasteiger partial charge in [0.2, 0.25) is 11.8 Å². The van der Waals surface area contributed by atoms with Crippen LogP contribution in [0, 0.1) is 11.7 Å². The van der Waals surface area contributed by atoms with Gasteiger partial charge < -0.3 is 19.0 Å². The number of benzene rings is 1. The van der Waals surface area contributed by atoms with Gasteiger partial charge in [-0.3, -0.25) is 9.59 Å². The number of hydrogen-bond acceptors (Lipinski definition) is 4. The van der Waals surface area contributed by atoms with Crippen LogP contribution in [0.5, 0.6) is 5.75 Å². The number of carbonyl (C=O) groups excluding carboxylic acids is 2. The molecule has 3 rings (SSSR count). The van der Waals surface area contributed by atoms with Crippen molar-refractivity contribution in [2.75, 3.05) is 20.7 Å². The van der Waals surface area contributed by atoms with Crippen molar-refractivity contribution in [3.8, 4) is 5.75 Å². The number of amides is 2. The van der Waals surface area contributed by atoms with Crippen molar-refractivity contribution in [1.82, 2.24) is 9.80 Å². The van der Waals surface area contributed by atoms with Gasteiger partial charge in [-0.2, -0.15) is 0 Å². The maximum atomic E-state index is 13.8. The molecule has 1 aromatic heterocycles. The summed E-state index contributed by atoms with van der Waals surface area (Å²) in [6, 6.07) is 8.17. The molecule has 0 radical (unpaired) electrons. The molecule has 2 heterocycles. The Labute approximate surface area is 151 Å². The van der Waals surface area contributed by atoms with E-state index >= 15 is 0 Å². The Morgan fingerprint density at radius 2 is 2.23 bits per heavy atom. The van der Waals surface area contributed by atoms with Crippen LogP contribution in [0.1, 0.15) is 17.7 Å². The number of hydrogen-bond donors (Lipinski definition) is 0. The Morgan fingerprint density at radius 3 is 2.88 bits per heavy atom. The number of rotatable bonds is 6. The summed E-state index contributed by atoms with van der Waals surface area (Å²) in [5.41, 5.74) is 0.663. The molecule has 1 aromatic carbocycles. The Bertz CT molecular complexity index is 791. The van der Waals surface area contributed by atoms with Gasteiger partial charge in [-0.05, 0) is 29.8 Å². The van der Waals surface area contributed by atoms with Gasteiger partial charge in [0.1, 0.15) is 5.76 Å². The molecule has 7 heteroatoms. The summed E-state index contributed by atoms with van der Waals surface area (Å²) in [6.07, 6.45) is 1.74. The maximum Gasteiger partial charge on any atom is 0.228 e. The highest BCUT2D eigenvalue weighted by Crippen LogP contribution is 2.23. The largest absolute Gasteiger partial charge is 0.494 e. The minimum atomic E-state index is -0.466. The van der Waals surface area contributed by atoms with E-state index in [-0.39, 0.29) is 30.5 Å². The fourth-order valence-electron chi connectivity index (χ4n) is 3.15. The van der Waals surface area contributed by atoms with E-state index in [1.807, 2.05) is 0 Å². The lowest BCUT2D eigenvalue weighted by Crippen LogP contribution is -2.34. The monoisotopic (exact) mass is 360 g/mol. The van der Waals surface area contributed by atoms with Crippen LogP contribution in [0.4, 0.5) is 4.39 Å². The number of ether oxygens (including phenoxy) is 1. The highest BCUT2D eigenvalue weighted by molar-refractivity contribution is 5.89. The molecule has 0 unspecified atom stereocenters. The summed E-state index contributed by atoms with van der Waals surface area (Å²) >= 11 is 0. The van der Waals surface area contributed by atoms with Crippen molar-refractivity contribution in [2.45, 2.75) is 19.5 Å². The molecule has 1 saturated heterocycles. The van der Waals surface area contributed by atoms with Gasteiger partial charge in [-0.25, -0.2) is 4.39 Å². The average molecular weight is 360 g/mol. The van der Waals surface area contributed by atoms with Gasteiger partial charge in [0.15, 0.2) is 11.6 Å². The molecule has 1 atom stereocenters. The number of likely N-dealkylation sites (tertiary alicyclic amines) is 1.